The monoisotopic (exact) mass is 397 g/mol. The average molecular weight is 397 g/mol. The number of para-hydroxylation sites is 1. The Morgan fingerprint density at radius 3 is 2.62 bits per heavy atom. The summed E-state index contributed by atoms with van der Waals surface area (Å²) in [6, 6.07) is 8.00. The van der Waals surface area contributed by atoms with Gasteiger partial charge in [-0.3, -0.25) is 9.59 Å². The summed E-state index contributed by atoms with van der Waals surface area (Å²) in [5.74, 6) is 1.72. The molecule has 4 rings (SSSR count). The molecular formula is C20H23N5O4. The number of amides is 1. The van der Waals surface area contributed by atoms with Gasteiger partial charge in [-0.05, 0) is 25.5 Å². The second kappa shape index (κ2) is 9.13. The maximum atomic E-state index is 12.8. The number of anilines is 1. The number of oxazole rings is 1. The van der Waals surface area contributed by atoms with E-state index in [-0.39, 0.29) is 12.4 Å². The van der Waals surface area contributed by atoms with Crippen molar-refractivity contribution in [1.29, 1.82) is 0 Å². The molecule has 0 unspecified atom stereocenters. The number of carboxylic acid groups (broad SMARTS) is 1. The Balaban J connectivity index is 0.000000755. The summed E-state index contributed by atoms with van der Waals surface area (Å²) in [7, 11) is 0. The number of aryl methyl sites for hydroxylation is 2. The molecule has 2 aromatic heterocycles. The maximum absolute atomic E-state index is 12.8. The van der Waals surface area contributed by atoms with Crippen LogP contribution in [0.15, 0.2) is 35.0 Å². The van der Waals surface area contributed by atoms with Crippen molar-refractivity contribution in [3.05, 3.63) is 47.9 Å². The molecule has 0 aliphatic carbocycles. The molecule has 0 radical (unpaired) electrons. The van der Waals surface area contributed by atoms with Gasteiger partial charge in [-0.25, -0.2) is 15.0 Å². The van der Waals surface area contributed by atoms with Gasteiger partial charge in [-0.1, -0.05) is 12.1 Å². The smallest absolute Gasteiger partial charge is 0.291 e. The van der Waals surface area contributed by atoms with Gasteiger partial charge in [-0.2, -0.15) is 0 Å². The van der Waals surface area contributed by atoms with Crippen molar-refractivity contribution in [3.63, 3.8) is 0 Å². The van der Waals surface area contributed by atoms with E-state index in [0.29, 0.717) is 30.4 Å². The van der Waals surface area contributed by atoms with Gasteiger partial charge in [0.1, 0.15) is 12.1 Å². The molecule has 0 saturated carbocycles. The van der Waals surface area contributed by atoms with Gasteiger partial charge in [0.25, 0.3) is 12.4 Å². The lowest BCUT2D eigenvalue weighted by molar-refractivity contribution is -0.122. The fourth-order valence-electron chi connectivity index (χ4n) is 3.45. The van der Waals surface area contributed by atoms with Crippen LogP contribution in [0.2, 0.25) is 0 Å². The molecule has 0 bridgehead atoms. The summed E-state index contributed by atoms with van der Waals surface area (Å²) in [4.78, 5) is 38.3. The zero-order valence-electron chi connectivity index (χ0n) is 16.4. The molecule has 3 aromatic rings. The fourth-order valence-corrected chi connectivity index (χ4v) is 3.45. The number of carbonyl (C=O) groups is 2. The highest BCUT2D eigenvalue weighted by Gasteiger charge is 2.25. The largest absolute Gasteiger partial charge is 0.483 e. The predicted octanol–water partition coefficient (Wildman–Crippen LogP) is 2.29. The minimum absolute atomic E-state index is 0.0857. The first kappa shape index (κ1) is 20.2. The topological polar surface area (TPSA) is 113 Å². The van der Waals surface area contributed by atoms with Gasteiger partial charge in [0, 0.05) is 38.5 Å². The summed E-state index contributed by atoms with van der Waals surface area (Å²) in [6.45, 7) is 6.20. The Kier molecular flexibility index (Phi) is 6.38. The summed E-state index contributed by atoms with van der Waals surface area (Å²) in [5, 5.41) is 7.93. The Labute approximate surface area is 168 Å². The van der Waals surface area contributed by atoms with E-state index in [9.17, 15) is 4.79 Å². The lowest BCUT2D eigenvalue weighted by atomic mass is 10.2. The molecule has 1 aliphatic rings. The van der Waals surface area contributed by atoms with Crippen molar-refractivity contribution in [2.24, 2.45) is 0 Å². The number of fused-ring (bicyclic) bond motifs is 1. The van der Waals surface area contributed by atoms with E-state index >= 15 is 0 Å². The van der Waals surface area contributed by atoms with Gasteiger partial charge in [0.05, 0.1) is 11.2 Å². The number of carbonyl (C=O) groups excluding carboxylic acids is 1. The third-order valence-corrected chi connectivity index (χ3v) is 4.70. The first-order valence-electron chi connectivity index (χ1n) is 9.31. The molecule has 9 heteroatoms. The highest BCUT2D eigenvalue weighted by atomic mass is 16.4. The number of aromatic nitrogens is 3. The first-order chi connectivity index (χ1) is 14.0. The van der Waals surface area contributed by atoms with Crippen LogP contribution in [0.1, 0.15) is 28.6 Å². The predicted molar refractivity (Wildman–Crippen MR) is 107 cm³/mol. The van der Waals surface area contributed by atoms with Crippen LogP contribution in [-0.2, 0) is 4.79 Å². The number of nitrogens with zero attached hydrogens (tertiary/aromatic N) is 5. The second-order valence-electron chi connectivity index (χ2n) is 6.60. The lowest BCUT2D eigenvalue weighted by Crippen LogP contribution is -2.35. The van der Waals surface area contributed by atoms with Gasteiger partial charge in [0.2, 0.25) is 5.76 Å². The van der Waals surface area contributed by atoms with E-state index in [0.717, 1.165) is 36.2 Å². The van der Waals surface area contributed by atoms with Crippen LogP contribution in [0.25, 0.3) is 10.9 Å². The van der Waals surface area contributed by atoms with Gasteiger partial charge >= 0.3 is 0 Å². The van der Waals surface area contributed by atoms with Gasteiger partial charge < -0.3 is 19.3 Å². The Hall–Kier alpha value is -3.49. The van der Waals surface area contributed by atoms with Crippen molar-refractivity contribution in [3.8, 4) is 0 Å². The fraction of sp³-hybridized carbons (Fsp3) is 0.350. The summed E-state index contributed by atoms with van der Waals surface area (Å²) < 4.78 is 5.50. The number of rotatable bonds is 2. The molecule has 1 saturated heterocycles. The Bertz CT molecular complexity index is 998. The van der Waals surface area contributed by atoms with Crippen LogP contribution >= 0.6 is 0 Å². The molecule has 1 N–H and O–H groups in total. The molecular weight excluding hydrogens is 374 g/mol. The van der Waals surface area contributed by atoms with E-state index in [1.54, 1.807) is 20.2 Å². The van der Waals surface area contributed by atoms with Crippen molar-refractivity contribution in [2.75, 3.05) is 31.1 Å². The molecule has 1 aromatic carbocycles. The Morgan fingerprint density at radius 2 is 1.90 bits per heavy atom. The van der Waals surface area contributed by atoms with Crippen LogP contribution in [-0.4, -0.2) is 63.5 Å². The highest BCUT2D eigenvalue weighted by Crippen LogP contribution is 2.24. The molecule has 1 fully saturated rings. The molecule has 9 nitrogen and oxygen atoms in total. The van der Waals surface area contributed by atoms with E-state index in [1.807, 2.05) is 29.2 Å². The highest BCUT2D eigenvalue weighted by molar-refractivity contribution is 5.92. The van der Waals surface area contributed by atoms with E-state index in [4.69, 9.17) is 14.3 Å². The van der Waals surface area contributed by atoms with Crippen LogP contribution in [0.4, 0.5) is 5.82 Å². The second-order valence-corrected chi connectivity index (χ2v) is 6.60. The summed E-state index contributed by atoms with van der Waals surface area (Å²) in [6.07, 6.45) is 2.47. The third kappa shape index (κ3) is 4.50. The average Bonchev–Trinajstić information content (AvgIpc) is 2.92. The van der Waals surface area contributed by atoms with Crippen LogP contribution in [0.3, 0.4) is 0 Å². The SMILES string of the molecule is Cc1nc(C)c(C(=O)N2CCCN(c3ncnc4ccccc34)CC2)o1.O=CO. The molecule has 0 atom stereocenters. The van der Waals surface area contributed by atoms with E-state index < -0.39 is 0 Å². The van der Waals surface area contributed by atoms with Crippen LogP contribution in [0, 0.1) is 13.8 Å². The molecule has 29 heavy (non-hydrogen) atoms. The minimum Gasteiger partial charge on any atom is -0.483 e. The maximum Gasteiger partial charge on any atom is 0.291 e. The third-order valence-electron chi connectivity index (χ3n) is 4.70. The van der Waals surface area contributed by atoms with Crippen molar-refractivity contribution in [1.82, 2.24) is 19.9 Å². The zero-order chi connectivity index (χ0) is 20.8. The summed E-state index contributed by atoms with van der Waals surface area (Å²) in [5.41, 5.74) is 1.58. The van der Waals surface area contributed by atoms with Crippen molar-refractivity contribution < 1.29 is 19.1 Å². The molecule has 1 amide bonds. The molecule has 3 heterocycles. The molecule has 1 aliphatic heterocycles. The van der Waals surface area contributed by atoms with Gasteiger partial charge in [-0.15, -0.1) is 0 Å². The molecule has 0 spiro atoms. The minimum atomic E-state index is -0.250. The van der Waals surface area contributed by atoms with E-state index in [1.165, 1.54) is 0 Å². The summed E-state index contributed by atoms with van der Waals surface area (Å²) >= 11 is 0. The van der Waals surface area contributed by atoms with Crippen molar-refractivity contribution in [2.45, 2.75) is 20.3 Å². The number of benzene rings is 1. The zero-order valence-corrected chi connectivity index (χ0v) is 16.4. The normalized spacial score (nSPS) is 14.1. The molecule has 152 valence electrons. The Morgan fingerprint density at radius 1 is 1.14 bits per heavy atom. The number of hydrogen-bond acceptors (Lipinski definition) is 7. The quantitative estimate of drug-likeness (QED) is 0.656. The van der Waals surface area contributed by atoms with E-state index in [2.05, 4.69) is 19.9 Å². The standard InChI is InChI=1S/C19H21N5O2.CH2O2/c1-13-17(26-14(2)22-13)19(25)24-9-5-8-23(10-11-24)18-15-6-3-4-7-16(15)20-12-21-18;2-1-3/h3-4,6-7,12H,5,8-11H2,1-2H3;1H,(H,2,3). The first-order valence-corrected chi connectivity index (χ1v) is 9.31. The van der Waals surface area contributed by atoms with Gasteiger partial charge in [0.15, 0.2) is 5.89 Å². The lowest BCUT2D eigenvalue weighted by Gasteiger charge is -2.23. The van der Waals surface area contributed by atoms with Crippen LogP contribution in [0.5, 0.6) is 0 Å². The number of hydrogen-bond donors (Lipinski definition) is 1. The van der Waals surface area contributed by atoms with Crippen molar-refractivity contribution >= 4 is 29.1 Å². The van der Waals surface area contributed by atoms with Crippen LogP contribution < -0.4 is 4.90 Å².